The van der Waals surface area contributed by atoms with Gasteiger partial charge in [-0.05, 0) is 44.7 Å². The summed E-state index contributed by atoms with van der Waals surface area (Å²) >= 11 is 2.42. The molecule has 11 heteroatoms. The SMILES string of the molecule is CC1CCN(c2nc3nc(SCC(=O)Nc4cc(F)ccc4F)n(C(C)C)c(=O)c3s2)CC1. The zero-order valence-electron chi connectivity index (χ0n) is 18.6. The lowest BCUT2D eigenvalue weighted by atomic mass is 10.00. The molecule has 1 aliphatic heterocycles. The van der Waals surface area contributed by atoms with Crippen molar-refractivity contribution >= 4 is 50.2 Å². The van der Waals surface area contributed by atoms with Crippen LogP contribution < -0.4 is 15.8 Å². The number of fused-ring (bicyclic) bond motifs is 1. The van der Waals surface area contributed by atoms with Crippen LogP contribution in [0.4, 0.5) is 19.6 Å². The van der Waals surface area contributed by atoms with Crippen molar-refractivity contribution in [1.29, 1.82) is 0 Å². The number of hydrogen-bond donors (Lipinski definition) is 1. The van der Waals surface area contributed by atoms with E-state index in [4.69, 9.17) is 0 Å². The molecule has 4 rings (SSSR count). The molecule has 1 amide bonds. The number of benzene rings is 1. The maximum atomic E-state index is 13.8. The highest BCUT2D eigenvalue weighted by Crippen LogP contribution is 2.31. The number of amides is 1. The molecule has 1 N–H and O–H groups in total. The summed E-state index contributed by atoms with van der Waals surface area (Å²) in [6, 6.07) is 2.67. The molecule has 0 bridgehead atoms. The van der Waals surface area contributed by atoms with Crippen molar-refractivity contribution in [3.63, 3.8) is 0 Å². The molecule has 3 aromatic rings. The van der Waals surface area contributed by atoms with E-state index in [1.165, 1.54) is 11.3 Å². The molecular formula is C22H25F2N5O2S2. The number of halogens is 2. The minimum atomic E-state index is -0.726. The number of carbonyl (C=O) groups is 1. The van der Waals surface area contributed by atoms with Gasteiger partial charge in [-0.1, -0.05) is 30.0 Å². The molecular weight excluding hydrogens is 468 g/mol. The van der Waals surface area contributed by atoms with Gasteiger partial charge in [-0.2, -0.15) is 4.98 Å². The van der Waals surface area contributed by atoms with Crippen LogP contribution in [0.25, 0.3) is 10.3 Å². The van der Waals surface area contributed by atoms with Gasteiger partial charge in [-0.15, -0.1) is 0 Å². The first-order chi connectivity index (χ1) is 15.7. The lowest BCUT2D eigenvalue weighted by Crippen LogP contribution is -2.32. The van der Waals surface area contributed by atoms with Gasteiger partial charge in [-0.25, -0.2) is 13.8 Å². The Labute approximate surface area is 198 Å². The van der Waals surface area contributed by atoms with Crippen LogP contribution in [0.1, 0.15) is 39.7 Å². The Hall–Kier alpha value is -2.53. The van der Waals surface area contributed by atoms with E-state index >= 15 is 0 Å². The molecule has 0 radical (unpaired) electrons. The Morgan fingerprint density at radius 1 is 1.27 bits per heavy atom. The predicted octanol–water partition coefficient (Wildman–Crippen LogP) is 4.68. The highest BCUT2D eigenvalue weighted by atomic mass is 32.2. The van der Waals surface area contributed by atoms with Crippen molar-refractivity contribution in [3.05, 3.63) is 40.2 Å². The van der Waals surface area contributed by atoms with Crippen LogP contribution in [-0.4, -0.2) is 39.3 Å². The van der Waals surface area contributed by atoms with E-state index in [2.05, 4.69) is 27.1 Å². The van der Waals surface area contributed by atoms with E-state index < -0.39 is 17.5 Å². The van der Waals surface area contributed by atoms with Crippen LogP contribution in [0.3, 0.4) is 0 Å². The second-order valence-corrected chi connectivity index (χ2v) is 10.4. The normalized spacial score (nSPS) is 14.9. The highest BCUT2D eigenvalue weighted by Gasteiger charge is 2.23. The summed E-state index contributed by atoms with van der Waals surface area (Å²) in [5.74, 6) is -1.35. The predicted molar refractivity (Wildman–Crippen MR) is 128 cm³/mol. The van der Waals surface area contributed by atoms with Gasteiger partial charge in [-0.3, -0.25) is 14.2 Å². The quantitative estimate of drug-likeness (QED) is 0.397. The Morgan fingerprint density at radius 2 is 2.00 bits per heavy atom. The molecule has 3 heterocycles. The number of hydrogen-bond acceptors (Lipinski definition) is 7. The number of carbonyl (C=O) groups excluding carboxylic acids is 1. The van der Waals surface area contributed by atoms with Crippen LogP contribution in [0.5, 0.6) is 0 Å². The summed E-state index contributed by atoms with van der Waals surface area (Å²) in [6.45, 7) is 7.78. The van der Waals surface area contributed by atoms with E-state index in [-0.39, 0.29) is 23.0 Å². The average Bonchev–Trinajstić information content (AvgIpc) is 3.19. The highest BCUT2D eigenvalue weighted by molar-refractivity contribution is 7.99. The van der Waals surface area contributed by atoms with E-state index in [1.54, 1.807) is 4.57 Å². The van der Waals surface area contributed by atoms with Crippen LogP contribution in [0.15, 0.2) is 28.2 Å². The molecule has 176 valence electrons. The van der Waals surface area contributed by atoms with Crippen molar-refractivity contribution < 1.29 is 13.6 Å². The molecule has 1 aliphatic rings. The number of nitrogens with zero attached hydrogens (tertiary/aromatic N) is 4. The monoisotopic (exact) mass is 493 g/mol. The number of aromatic nitrogens is 3. The van der Waals surface area contributed by atoms with E-state index in [0.717, 1.165) is 61.0 Å². The van der Waals surface area contributed by atoms with Crippen LogP contribution in [0, 0.1) is 17.6 Å². The Bertz CT molecular complexity index is 1240. The Balaban J connectivity index is 1.57. The molecule has 7 nitrogen and oxygen atoms in total. The lowest BCUT2D eigenvalue weighted by Gasteiger charge is -2.29. The van der Waals surface area contributed by atoms with Gasteiger partial charge in [0.15, 0.2) is 15.9 Å². The molecule has 1 aromatic carbocycles. The third-order valence-corrected chi connectivity index (χ3v) is 7.57. The van der Waals surface area contributed by atoms with Gasteiger partial charge in [0, 0.05) is 25.2 Å². The minimum absolute atomic E-state index is 0.123. The van der Waals surface area contributed by atoms with Gasteiger partial charge in [0.05, 0.1) is 11.4 Å². The first-order valence-electron chi connectivity index (χ1n) is 10.8. The van der Waals surface area contributed by atoms with Gasteiger partial charge < -0.3 is 10.2 Å². The molecule has 0 spiro atoms. The number of thiazole rings is 1. The smallest absolute Gasteiger partial charge is 0.274 e. The topological polar surface area (TPSA) is 80.1 Å². The second-order valence-electron chi connectivity index (χ2n) is 8.44. The summed E-state index contributed by atoms with van der Waals surface area (Å²) in [7, 11) is 0. The van der Waals surface area contributed by atoms with Crippen molar-refractivity contribution in [3.8, 4) is 0 Å². The molecule has 2 aromatic heterocycles. The van der Waals surface area contributed by atoms with Gasteiger partial charge >= 0.3 is 0 Å². The summed E-state index contributed by atoms with van der Waals surface area (Å²) in [4.78, 5) is 37.0. The van der Waals surface area contributed by atoms with Crippen molar-refractivity contribution in [2.75, 3.05) is 29.1 Å². The van der Waals surface area contributed by atoms with Gasteiger partial charge in [0.1, 0.15) is 16.3 Å². The van der Waals surface area contributed by atoms with Crippen LogP contribution in [-0.2, 0) is 4.79 Å². The molecule has 0 atom stereocenters. The van der Waals surface area contributed by atoms with Crippen LogP contribution in [0.2, 0.25) is 0 Å². The summed E-state index contributed by atoms with van der Waals surface area (Å²) in [5, 5.41) is 3.51. The maximum Gasteiger partial charge on any atom is 0.274 e. The van der Waals surface area contributed by atoms with E-state index in [1.807, 2.05) is 13.8 Å². The largest absolute Gasteiger partial charge is 0.348 e. The Kier molecular flexibility index (Phi) is 6.99. The molecule has 0 saturated carbocycles. The van der Waals surface area contributed by atoms with Crippen molar-refractivity contribution in [2.45, 2.75) is 44.8 Å². The fourth-order valence-electron chi connectivity index (χ4n) is 3.66. The summed E-state index contributed by atoms with van der Waals surface area (Å²) in [6.07, 6.45) is 2.17. The summed E-state index contributed by atoms with van der Waals surface area (Å²) in [5.41, 5.74) is -0.0527. The number of thioether (sulfide) groups is 1. The van der Waals surface area contributed by atoms with Crippen molar-refractivity contribution in [1.82, 2.24) is 14.5 Å². The molecule has 0 unspecified atom stereocenters. The maximum absolute atomic E-state index is 13.8. The first kappa shape index (κ1) is 23.6. The summed E-state index contributed by atoms with van der Waals surface area (Å²) < 4.78 is 29.2. The van der Waals surface area contributed by atoms with Gasteiger partial charge in [0.2, 0.25) is 5.91 Å². The fourth-order valence-corrected chi connectivity index (χ4v) is 5.57. The lowest BCUT2D eigenvalue weighted by molar-refractivity contribution is -0.113. The first-order valence-corrected chi connectivity index (χ1v) is 12.6. The van der Waals surface area contributed by atoms with E-state index in [9.17, 15) is 18.4 Å². The van der Waals surface area contributed by atoms with Gasteiger partial charge in [0.25, 0.3) is 5.56 Å². The number of anilines is 2. The number of nitrogens with one attached hydrogen (secondary N) is 1. The molecule has 33 heavy (non-hydrogen) atoms. The van der Waals surface area contributed by atoms with Crippen molar-refractivity contribution in [2.24, 2.45) is 5.92 Å². The number of piperidine rings is 1. The average molecular weight is 494 g/mol. The fraction of sp³-hybridized carbons (Fsp3) is 0.455. The third-order valence-electron chi connectivity index (χ3n) is 5.52. The zero-order chi connectivity index (χ0) is 23.7. The number of rotatable bonds is 6. The molecule has 1 saturated heterocycles. The standard InChI is InChI=1S/C22H25F2N5O2S2/c1-12(2)29-20(31)18-19(26-21(33-18)28-8-6-13(3)7-9-28)27-22(29)32-11-17(30)25-16-10-14(23)4-5-15(16)24/h4-5,10,12-13H,6-9,11H2,1-3H3,(H,25,30). The van der Waals surface area contributed by atoms with E-state index in [0.29, 0.717) is 21.4 Å². The molecule has 1 fully saturated rings. The third kappa shape index (κ3) is 5.19. The minimum Gasteiger partial charge on any atom is -0.348 e. The second kappa shape index (κ2) is 9.76. The van der Waals surface area contributed by atoms with Crippen LogP contribution >= 0.6 is 23.1 Å². The molecule has 0 aliphatic carbocycles. The zero-order valence-corrected chi connectivity index (χ0v) is 20.2. The Morgan fingerprint density at radius 3 is 2.70 bits per heavy atom.